The van der Waals surface area contributed by atoms with Crippen LogP contribution in [0.2, 0.25) is 0 Å². The van der Waals surface area contributed by atoms with Crippen molar-refractivity contribution >= 4 is 11.9 Å². The van der Waals surface area contributed by atoms with E-state index in [4.69, 9.17) is 4.74 Å². The molecule has 0 radical (unpaired) electrons. The summed E-state index contributed by atoms with van der Waals surface area (Å²) in [7, 11) is 0. The second-order valence-corrected chi connectivity index (χ2v) is 11.9. The van der Waals surface area contributed by atoms with Crippen LogP contribution in [0.15, 0.2) is 24.3 Å². The summed E-state index contributed by atoms with van der Waals surface area (Å²) in [6.45, 7) is 9.34. The lowest BCUT2D eigenvalue weighted by Crippen LogP contribution is -2.76. The molecule has 0 aromatic rings. The van der Waals surface area contributed by atoms with Gasteiger partial charge in [0, 0.05) is 17.1 Å². The Balaban J connectivity index is 3.55. The maximum Gasteiger partial charge on any atom is 0.430 e. The number of carbonyl (C=O) groups is 2. The fraction of sp³-hybridized carbons (Fsp3) is 0.786. The molecule has 268 valence electrons. The van der Waals surface area contributed by atoms with Crippen molar-refractivity contribution in [2.75, 3.05) is 0 Å². The molecule has 1 fully saturated rings. The molecule has 0 heterocycles. The summed E-state index contributed by atoms with van der Waals surface area (Å²) >= 11 is 0. The van der Waals surface area contributed by atoms with Crippen LogP contribution in [0, 0.1) is 17.8 Å². The number of carbonyl (C=O) groups excluding carboxylic acids is 2. The molecule has 6 nitrogen and oxygen atoms in total. The number of halogens is 12. The van der Waals surface area contributed by atoms with Crippen molar-refractivity contribution in [1.82, 2.24) is 0 Å². The molecule has 1 rings (SSSR count). The second kappa shape index (κ2) is 13.9. The van der Waals surface area contributed by atoms with E-state index in [-0.39, 0.29) is 12.8 Å². The molecule has 1 aliphatic carbocycles. The SMILES string of the molecule is C=C(C)C(=O)OC(C(C)C)(C(C)CCC(=C)C(=O)OC(CC1CCCC1)C(O)(C(F)(F)F)C(F)(F)F)C(O)(C(F)(F)F)C(F)(F)F. The molecule has 3 atom stereocenters. The molecular formula is C28H36F12O6. The lowest BCUT2D eigenvalue weighted by Gasteiger charge is -2.52. The first-order valence-electron chi connectivity index (χ1n) is 13.9. The van der Waals surface area contributed by atoms with E-state index in [2.05, 4.69) is 17.9 Å². The first-order chi connectivity index (χ1) is 20.4. The van der Waals surface area contributed by atoms with E-state index in [0.29, 0.717) is 19.8 Å². The van der Waals surface area contributed by atoms with Crippen LogP contribution >= 0.6 is 0 Å². The zero-order valence-corrected chi connectivity index (χ0v) is 25.2. The van der Waals surface area contributed by atoms with Crippen molar-refractivity contribution in [3.63, 3.8) is 0 Å². The molecule has 0 bridgehead atoms. The third-order valence-corrected chi connectivity index (χ3v) is 8.36. The molecule has 18 heteroatoms. The Morgan fingerprint density at radius 1 is 0.783 bits per heavy atom. The van der Waals surface area contributed by atoms with E-state index >= 15 is 0 Å². The first-order valence-corrected chi connectivity index (χ1v) is 13.9. The third-order valence-electron chi connectivity index (χ3n) is 8.36. The van der Waals surface area contributed by atoms with Crippen LogP contribution in [0.1, 0.15) is 72.6 Å². The van der Waals surface area contributed by atoms with Crippen molar-refractivity contribution in [1.29, 1.82) is 0 Å². The summed E-state index contributed by atoms with van der Waals surface area (Å²) in [5, 5.41) is 20.4. The summed E-state index contributed by atoms with van der Waals surface area (Å²) in [6, 6.07) is 0. The lowest BCUT2D eigenvalue weighted by atomic mass is 9.65. The Labute approximate surface area is 256 Å². The van der Waals surface area contributed by atoms with Gasteiger partial charge in [0.15, 0.2) is 5.60 Å². The van der Waals surface area contributed by atoms with Gasteiger partial charge >= 0.3 is 36.6 Å². The number of hydrogen-bond acceptors (Lipinski definition) is 6. The summed E-state index contributed by atoms with van der Waals surface area (Å²) < 4.78 is 176. The van der Waals surface area contributed by atoms with Gasteiger partial charge in [-0.15, -0.1) is 0 Å². The highest BCUT2D eigenvalue weighted by atomic mass is 19.4. The highest BCUT2D eigenvalue weighted by Gasteiger charge is 2.83. The van der Waals surface area contributed by atoms with Crippen LogP contribution in [-0.4, -0.2) is 69.8 Å². The Kier molecular flexibility index (Phi) is 12.6. The maximum absolute atomic E-state index is 14.1. The molecular weight excluding hydrogens is 660 g/mol. The molecule has 0 amide bonds. The number of esters is 2. The van der Waals surface area contributed by atoms with Crippen molar-refractivity contribution in [2.24, 2.45) is 17.8 Å². The van der Waals surface area contributed by atoms with E-state index in [0.717, 1.165) is 20.8 Å². The third kappa shape index (κ3) is 7.79. The van der Waals surface area contributed by atoms with Gasteiger partial charge in [-0.3, -0.25) is 0 Å². The Bertz CT molecular complexity index is 1090. The normalized spacial score (nSPS) is 18.6. The van der Waals surface area contributed by atoms with Gasteiger partial charge in [0.1, 0.15) is 6.10 Å². The standard InChI is InChI=1S/C28H36F12O6/c1-14(2)20(41)46-22(15(3)4,24(44,27(35,36)37)28(38,39)40)17(6)12-11-16(5)21(42)45-19(13-18-9-7-8-10-18)23(43,25(29,30)31)26(32,33)34/h15,17-19,43-44H,1,5,7-13H2,2-4,6H3. The summed E-state index contributed by atoms with van der Waals surface area (Å²) in [4.78, 5) is 25.1. The van der Waals surface area contributed by atoms with Crippen molar-refractivity contribution in [3.05, 3.63) is 24.3 Å². The fourth-order valence-corrected chi connectivity index (χ4v) is 5.78. The monoisotopic (exact) mass is 696 g/mol. The van der Waals surface area contributed by atoms with E-state index in [1.165, 1.54) is 0 Å². The van der Waals surface area contributed by atoms with Crippen LogP contribution < -0.4 is 0 Å². The topological polar surface area (TPSA) is 93.1 Å². The van der Waals surface area contributed by atoms with Gasteiger partial charge in [0.05, 0.1) is 0 Å². The van der Waals surface area contributed by atoms with Gasteiger partial charge in [0.25, 0.3) is 11.2 Å². The zero-order chi connectivity index (χ0) is 36.5. The van der Waals surface area contributed by atoms with E-state index < -0.39 is 108 Å². The fourth-order valence-electron chi connectivity index (χ4n) is 5.78. The van der Waals surface area contributed by atoms with E-state index in [9.17, 15) is 72.5 Å². The summed E-state index contributed by atoms with van der Waals surface area (Å²) in [5.74, 6) is -8.69. The van der Waals surface area contributed by atoms with Crippen LogP contribution in [0.3, 0.4) is 0 Å². The van der Waals surface area contributed by atoms with E-state index in [1.807, 2.05) is 0 Å². The van der Waals surface area contributed by atoms with Crippen molar-refractivity contribution in [3.8, 4) is 0 Å². The number of ether oxygens (including phenoxy) is 2. The largest absolute Gasteiger partial charge is 0.455 e. The number of hydrogen-bond donors (Lipinski definition) is 2. The minimum atomic E-state index is -6.53. The molecule has 0 spiro atoms. The Morgan fingerprint density at radius 2 is 1.22 bits per heavy atom. The first kappa shape index (κ1) is 41.5. The quantitative estimate of drug-likeness (QED) is 0.117. The van der Waals surface area contributed by atoms with Crippen LogP contribution in [0.25, 0.3) is 0 Å². The Morgan fingerprint density at radius 3 is 1.57 bits per heavy atom. The summed E-state index contributed by atoms with van der Waals surface area (Å²) in [6.07, 6.45) is -31.0. The second-order valence-electron chi connectivity index (χ2n) is 11.9. The molecule has 46 heavy (non-hydrogen) atoms. The molecule has 0 saturated heterocycles. The average Bonchev–Trinajstić information content (AvgIpc) is 3.38. The smallest absolute Gasteiger partial charge is 0.430 e. The minimum absolute atomic E-state index is 0.153. The average molecular weight is 697 g/mol. The number of aliphatic hydroxyl groups is 2. The van der Waals surface area contributed by atoms with Gasteiger partial charge < -0.3 is 19.7 Å². The predicted octanol–water partition coefficient (Wildman–Crippen LogP) is 7.68. The molecule has 2 N–H and O–H groups in total. The van der Waals surface area contributed by atoms with Gasteiger partial charge in [0.2, 0.25) is 0 Å². The number of alkyl halides is 12. The van der Waals surface area contributed by atoms with Crippen LogP contribution in [0.5, 0.6) is 0 Å². The molecule has 1 saturated carbocycles. The molecule has 3 unspecified atom stereocenters. The van der Waals surface area contributed by atoms with E-state index in [1.54, 1.807) is 0 Å². The van der Waals surface area contributed by atoms with Crippen LogP contribution in [-0.2, 0) is 19.1 Å². The van der Waals surface area contributed by atoms with Gasteiger partial charge in [-0.1, -0.05) is 59.6 Å². The zero-order valence-electron chi connectivity index (χ0n) is 25.2. The van der Waals surface area contributed by atoms with Gasteiger partial charge in [-0.2, -0.15) is 52.7 Å². The molecule has 0 aromatic heterocycles. The highest BCUT2D eigenvalue weighted by Crippen LogP contribution is 2.57. The maximum atomic E-state index is 14.1. The minimum Gasteiger partial charge on any atom is -0.455 e. The Hall–Kier alpha value is -2.50. The number of rotatable bonds is 13. The van der Waals surface area contributed by atoms with Gasteiger partial charge in [-0.05, 0) is 38.0 Å². The van der Waals surface area contributed by atoms with Crippen LogP contribution in [0.4, 0.5) is 52.7 Å². The molecule has 0 aromatic carbocycles. The lowest BCUT2D eigenvalue weighted by molar-refractivity contribution is -0.425. The highest BCUT2D eigenvalue weighted by molar-refractivity contribution is 5.88. The predicted molar refractivity (Wildman–Crippen MR) is 137 cm³/mol. The van der Waals surface area contributed by atoms with Crippen molar-refractivity contribution in [2.45, 2.75) is 120 Å². The molecule has 0 aliphatic heterocycles. The van der Waals surface area contributed by atoms with Crippen molar-refractivity contribution < 1.29 is 82.0 Å². The summed E-state index contributed by atoms with van der Waals surface area (Å²) in [5.41, 5.74) is -16.8. The molecule has 1 aliphatic rings. The van der Waals surface area contributed by atoms with Gasteiger partial charge in [-0.25, -0.2) is 9.59 Å².